The van der Waals surface area contributed by atoms with Gasteiger partial charge in [0.25, 0.3) is 0 Å². The zero-order valence-electron chi connectivity index (χ0n) is 12.2. The van der Waals surface area contributed by atoms with Gasteiger partial charge in [0, 0.05) is 24.9 Å². The van der Waals surface area contributed by atoms with Crippen LogP contribution in [0.25, 0.3) is 0 Å². The van der Waals surface area contributed by atoms with Gasteiger partial charge in [-0.1, -0.05) is 26.8 Å². The van der Waals surface area contributed by atoms with Crippen LogP contribution < -0.4 is 0 Å². The van der Waals surface area contributed by atoms with Crippen molar-refractivity contribution >= 4 is 5.91 Å². The van der Waals surface area contributed by atoms with E-state index in [0.717, 1.165) is 25.8 Å². The minimum Gasteiger partial charge on any atom is -0.335 e. The third kappa shape index (κ3) is 2.96. The van der Waals surface area contributed by atoms with Crippen molar-refractivity contribution in [2.75, 3.05) is 6.54 Å². The second-order valence-electron chi connectivity index (χ2n) is 5.65. The summed E-state index contributed by atoms with van der Waals surface area (Å²) in [6, 6.07) is 4.26. The highest BCUT2D eigenvalue weighted by molar-refractivity contribution is 5.79. The number of rotatable bonds is 4. The van der Waals surface area contributed by atoms with Crippen molar-refractivity contribution < 1.29 is 4.79 Å². The summed E-state index contributed by atoms with van der Waals surface area (Å²) in [5.41, 5.74) is 1.17. The Labute approximate surface area is 116 Å². The lowest BCUT2D eigenvalue weighted by molar-refractivity contribution is -0.136. The minimum atomic E-state index is 0.171. The maximum Gasteiger partial charge on any atom is 0.226 e. The van der Waals surface area contributed by atoms with E-state index in [1.54, 1.807) is 6.20 Å². The first-order chi connectivity index (χ1) is 9.17. The Bertz CT molecular complexity index is 414. The van der Waals surface area contributed by atoms with Gasteiger partial charge in [0.2, 0.25) is 5.91 Å². The molecule has 1 amide bonds. The predicted molar refractivity (Wildman–Crippen MR) is 76.5 cm³/mol. The molecule has 0 radical (unpaired) electrons. The maximum absolute atomic E-state index is 12.6. The molecule has 0 spiro atoms. The van der Waals surface area contributed by atoms with Crippen LogP contribution in [-0.4, -0.2) is 22.3 Å². The van der Waals surface area contributed by atoms with Crippen LogP contribution in [0, 0.1) is 11.8 Å². The molecule has 1 aliphatic heterocycles. The summed E-state index contributed by atoms with van der Waals surface area (Å²) in [7, 11) is 0. The third-order valence-electron chi connectivity index (χ3n) is 4.20. The second-order valence-corrected chi connectivity index (χ2v) is 5.65. The van der Waals surface area contributed by atoms with Gasteiger partial charge in [-0.2, -0.15) is 0 Å². The Morgan fingerprint density at radius 1 is 1.47 bits per heavy atom. The topological polar surface area (TPSA) is 33.2 Å². The van der Waals surface area contributed by atoms with Crippen molar-refractivity contribution in [3.63, 3.8) is 0 Å². The number of hydrogen-bond donors (Lipinski definition) is 0. The molecule has 0 aliphatic carbocycles. The molecule has 104 valence electrons. The fraction of sp³-hybridized carbons (Fsp3) is 0.625. The largest absolute Gasteiger partial charge is 0.335 e. The Morgan fingerprint density at radius 3 is 2.79 bits per heavy atom. The average molecular weight is 260 g/mol. The molecule has 1 aromatic heterocycles. The number of amides is 1. The van der Waals surface area contributed by atoms with Crippen molar-refractivity contribution in [3.8, 4) is 0 Å². The summed E-state index contributed by atoms with van der Waals surface area (Å²) >= 11 is 0. The van der Waals surface area contributed by atoms with Gasteiger partial charge in [-0.25, -0.2) is 0 Å². The van der Waals surface area contributed by atoms with Gasteiger partial charge >= 0.3 is 0 Å². The third-order valence-corrected chi connectivity index (χ3v) is 4.20. The summed E-state index contributed by atoms with van der Waals surface area (Å²) in [5, 5.41) is 0. The standard InChI is InChI=1S/C16H24N2O/c1-4-13(5-2)16(19)18-11-12(3)9-15(18)14-7-6-8-17-10-14/h6-8,10,12-13,15H,4-5,9,11H2,1-3H3/t12-,15+/m0/s1. The molecule has 3 heteroatoms. The first-order valence-electron chi connectivity index (χ1n) is 7.37. The molecule has 0 saturated carbocycles. The smallest absolute Gasteiger partial charge is 0.226 e. The molecule has 1 fully saturated rings. The van der Waals surface area contributed by atoms with Gasteiger partial charge < -0.3 is 4.90 Å². The average Bonchev–Trinajstić information content (AvgIpc) is 2.83. The molecule has 1 saturated heterocycles. The number of hydrogen-bond acceptors (Lipinski definition) is 2. The van der Waals surface area contributed by atoms with Gasteiger partial charge in [0.1, 0.15) is 0 Å². The van der Waals surface area contributed by atoms with Crippen LogP contribution in [0.3, 0.4) is 0 Å². The minimum absolute atomic E-state index is 0.171. The summed E-state index contributed by atoms with van der Waals surface area (Å²) in [4.78, 5) is 18.9. The van der Waals surface area contributed by atoms with Gasteiger partial charge in [-0.15, -0.1) is 0 Å². The van der Waals surface area contributed by atoms with Gasteiger partial charge in [-0.3, -0.25) is 9.78 Å². The van der Waals surface area contributed by atoms with Gasteiger partial charge in [0.05, 0.1) is 6.04 Å². The zero-order valence-corrected chi connectivity index (χ0v) is 12.2. The van der Waals surface area contributed by atoms with E-state index in [0.29, 0.717) is 11.8 Å². The van der Waals surface area contributed by atoms with Crippen LogP contribution in [0.4, 0.5) is 0 Å². The van der Waals surface area contributed by atoms with Crippen molar-refractivity contribution in [3.05, 3.63) is 30.1 Å². The molecule has 0 N–H and O–H groups in total. The molecule has 0 bridgehead atoms. The molecule has 3 nitrogen and oxygen atoms in total. The fourth-order valence-electron chi connectivity index (χ4n) is 3.05. The normalized spacial score (nSPS) is 23.1. The van der Waals surface area contributed by atoms with Crippen molar-refractivity contribution in [2.45, 2.75) is 46.1 Å². The molecule has 1 aliphatic rings. The first kappa shape index (κ1) is 14.0. The van der Waals surface area contributed by atoms with Crippen LogP contribution >= 0.6 is 0 Å². The lowest BCUT2D eigenvalue weighted by Crippen LogP contribution is -2.35. The Balaban J connectivity index is 2.20. The van der Waals surface area contributed by atoms with Crippen LogP contribution in [-0.2, 0) is 4.79 Å². The Morgan fingerprint density at radius 2 is 2.21 bits per heavy atom. The summed E-state index contributed by atoms with van der Waals surface area (Å²) in [5.74, 6) is 1.07. The highest BCUT2D eigenvalue weighted by Gasteiger charge is 2.36. The SMILES string of the molecule is CCC(CC)C(=O)N1C[C@@H](C)C[C@@H]1c1cccnc1. The maximum atomic E-state index is 12.6. The molecule has 1 aromatic rings. The van der Waals surface area contributed by atoms with E-state index in [2.05, 4.69) is 36.7 Å². The monoisotopic (exact) mass is 260 g/mol. The number of aromatic nitrogens is 1. The Kier molecular flexibility index (Phi) is 4.56. The molecular formula is C16H24N2O. The summed E-state index contributed by atoms with van der Waals surface area (Å²) in [6.45, 7) is 7.31. The lowest BCUT2D eigenvalue weighted by atomic mass is 9.99. The molecule has 0 unspecified atom stereocenters. The van der Waals surface area contributed by atoms with Crippen molar-refractivity contribution in [2.24, 2.45) is 11.8 Å². The lowest BCUT2D eigenvalue weighted by Gasteiger charge is -2.28. The van der Waals surface area contributed by atoms with E-state index in [9.17, 15) is 4.79 Å². The number of carbonyl (C=O) groups excluding carboxylic acids is 1. The molecule has 2 heterocycles. The zero-order chi connectivity index (χ0) is 13.8. The van der Waals surface area contributed by atoms with E-state index in [-0.39, 0.29) is 12.0 Å². The highest BCUT2D eigenvalue weighted by Crippen LogP contribution is 2.36. The fourth-order valence-corrected chi connectivity index (χ4v) is 3.05. The van der Waals surface area contributed by atoms with Crippen LogP contribution in [0.1, 0.15) is 51.6 Å². The number of nitrogens with zero attached hydrogens (tertiary/aromatic N) is 2. The number of carbonyl (C=O) groups is 1. The summed E-state index contributed by atoms with van der Waals surface area (Å²) < 4.78 is 0. The second kappa shape index (κ2) is 6.18. The Hall–Kier alpha value is -1.38. The van der Waals surface area contributed by atoms with Crippen LogP contribution in [0.2, 0.25) is 0 Å². The van der Waals surface area contributed by atoms with Gasteiger partial charge in [-0.05, 0) is 36.8 Å². The highest BCUT2D eigenvalue weighted by atomic mass is 16.2. The van der Waals surface area contributed by atoms with E-state index in [1.807, 2.05) is 12.3 Å². The molecule has 2 atom stereocenters. The van der Waals surface area contributed by atoms with Gasteiger partial charge in [0.15, 0.2) is 0 Å². The molecule has 19 heavy (non-hydrogen) atoms. The number of likely N-dealkylation sites (tertiary alicyclic amines) is 1. The molecule has 2 rings (SSSR count). The first-order valence-corrected chi connectivity index (χ1v) is 7.37. The summed E-state index contributed by atoms with van der Waals surface area (Å²) in [6.07, 6.45) is 6.60. The quantitative estimate of drug-likeness (QED) is 0.831. The van der Waals surface area contributed by atoms with Crippen molar-refractivity contribution in [1.82, 2.24) is 9.88 Å². The van der Waals surface area contributed by atoms with Crippen LogP contribution in [0.15, 0.2) is 24.5 Å². The van der Waals surface area contributed by atoms with E-state index >= 15 is 0 Å². The molecular weight excluding hydrogens is 236 g/mol. The molecule has 0 aromatic carbocycles. The van der Waals surface area contributed by atoms with Crippen LogP contribution in [0.5, 0.6) is 0 Å². The van der Waals surface area contributed by atoms with E-state index in [4.69, 9.17) is 0 Å². The predicted octanol–water partition coefficient (Wildman–Crippen LogP) is 3.43. The number of pyridine rings is 1. The van der Waals surface area contributed by atoms with E-state index < -0.39 is 0 Å². The van der Waals surface area contributed by atoms with E-state index in [1.165, 1.54) is 5.56 Å². The van der Waals surface area contributed by atoms with Crippen molar-refractivity contribution in [1.29, 1.82) is 0 Å².